The molecule has 1 aromatic heterocycles. The van der Waals surface area contributed by atoms with Gasteiger partial charge in [-0.05, 0) is 29.2 Å². The normalized spacial score (nSPS) is 15.8. The Morgan fingerprint density at radius 1 is 0.913 bits per heavy atom. The van der Waals surface area contributed by atoms with Crippen LogP contribution in [0.1, 0.15) is 36.1 Å². The fourth-order valence-corrected chi connectivity index (χ4v) is 4.74. The lowest BCUT2D eigenvalue weighted by molar-refractivity contribution is -0.672. The van der Waals surface area contributed by atoms with Gasteiger partial charge in [0.15, 0.2) is 12.7 Å². The molecule has 1 aliphatic carbocycles. The predicted molar refractivity (Wildman–Crippen MR) is 93.5 cm³/mol. The Hall–Kier alpha value is -2.41. The molecule has 0 saturated heterocycles. The van der Waals surface area contributed by atoms with E-state index in [2.05, 4.69) is 80.1 Å². The zero-order valence-electron chi connectivity index (χ0n) is 13.9. The van der Waals surface area contributed by atoms with Crippen LogP contribution in [0, 0.1) is 6.92 Å². The van der Waals surface area contributed by atoms with Crippen molar-refractivity contribution in [2.75, 3.05) is 0 Å². The highest BCUT2D eigenvalue weighted by Gasteiger charge is 2.48. The Morgan fingerprint density at radius 2 is 1.70 bits per heavy atom. The molecule has 1 aliphatic heterocycles. The monoisotopic (exact) mass is 298 g/mol. The van der Waals surface area contributed by atoms with Crippen molar-refractivity contribution in [1.29, 1.82) is 0 Å². The summed E-state index contributed by atoms with van der Waals surface area (Å²) in [5, 5.41) is 0. The smallest absolute Gasteiger partial charge is 0.194 e. The molecule has 0 fully saturated rings. The predicted octanol–water partition coefficient (Wildman–Crippen LogP) is 4.62. The van der Waals surface area contributed by atoms with E-state index < -0.39 is 0 Å². The van der Waals surface area contributed by atoms with E-state index >= 15 is 0 Å². The second-order valence-corrected chi connectivity index (χ2v) is 7.36. The highest BCUT2D eigenvalue weighted by molar-refractivity contribution is 5.88. The molecule has 0 atom stereocenters. The Morgan fingerprint density at radius 3 is 2.48 bits per heavy atom. The minimum atomic E-state index is 0.0549. The fraction of sp³-hybridized carbons (Fsp3) is 0.227. The first-order chi connectivity index (χ1) is 11.1. The number of nitrogens with zero attached hydrogens (tertiary/aromatic N) is 1. The zero-order chi connectivity index (χ0) is 15.8. The van der Waals surface area contributed by atoms with Crippen molar-refractivity contribution in [2.24, 2.45) is 0 Å². The van der Waals surface area contributed by atoms with Gasteiger partial charge >= 0.3 is 0 Å². The van der Waals surface area contributed by atoms with Crippen LogP contribution in [-0.4, -0.2) is 0 Å². The van der Waals surface area contributed by atoms with Gasteiger partial charge in [0.25, 0.3) is 0 Å². The van der Waals surface area contributed by atoms with Gasteiger partial charge in [-0.1, -0.05) is 56.3 Å². The molecule has 0 bridgehead atoms. The third kappa shape index (κ3) is 1.50. The van der Waals surface area contributed by atoms with E-state index in [0.29, 0.717) is 0 Å². The van der Waals surface area contributed by atoms with Crippen molar-refractivity contribution in [1.82, 2.24) is 0 Å². The molecule has 1 heteroatoms. The zero-order valence-corrected chi connectivity index (χ0v) is 13.9. The minimum absolute atomic E-state index is 0.0549. The van der Waals surface area contributed by atoms with Crippen LogP contribution in [0.3, 0.4) is 0 Å². The number of hydrogen-bond donors (Lipinski definition) is 0. The molecular weight excluding hydrogens is 278 g/mol. The standard InChI is InChI=1S/C22H20N/c1-14-11-12-23-13-16-9-10-17(15-7-5-4-6-8-15)20-18(16)21(23)19(14)22(20,2)3/h4-12H,13H2,1-3H3/q+1. The van der Waals surface area contributed by atoms with Crippen LogP contribution in [0.5, 0.6) is 0 Å². The molecule has 1 nitrogen and oxygen atoms in total. The number of hydrogen-bond acceptors (Lipinski definition) is 0. The summed E-state index contributed by atoms with van der Waals surface area (Å²) in [4.78, 5) is 0. The molecule has 2 aliphatic rings. The third-order valence-corrected chi connectivity index (χ3v) is 5.63. The highest BCUT2D eigenvalue weighted by atomic mass is 15.0. The van der Waals surface area contributed by atoms with Crippen molar-refractivity contribution >= 4 is 0 Å². The number of pyridine rings is 1. The molecule has 0 radical (unpaired) electrons. The number of aromatic nitrogens is 1. The summed E-state index contributed by atoms with van der Waals surface area (Å²) in [7, 11) is 0. The van der Waals surface area contributed by atoms with E-state index in [1.165, 1.54) is 44.6 Å². The fourth-order valence-electron chi connectivity index (χ4n) is 4.74. The Labute approximate surface area is 137 Å². The van der Waals surface area contributed by atoms with Gasteiger partial charge in [-0.2, -0.15) is 4.57 Å². The van der Waals surface area contributed by atoms with Crippen molar-refractivity contribution in [3.05, 3.63) is 77.0 Å². The first kappa shape index (κ1) is 13.1. The van der Waals surface area contributed by atoms with Crippen LogP contribution in [0.15, 0.2) is 54.7 Å². The molecule has 112 valence electrons. The van der Waals surface area contributed by atoms with Gasteiger partial charge in [0.1, 0.15) is 0 Å². The third-order valence-electron chi connectivity index (χ3n) is 5.63. The van der Waals surface area contributed by atoms with Crippen LogP contribution in [0.4, 0.5) is 0 Å². The number of benzene rings is 2. The molecule has 2 aromatic carbocycles. The average molecular weight is 298 g/mol. The van der Waals surface area contributed by atoms with Crippen LogP contribution < -0.4 is 4.57 Å². The highest BCUT2D eigenvalue weighted by Crippen LogP contribution is 2.54. The van der Waals surface area contributed by atoms with Gasteiger partial charge in [-0.3, -0.25) is 0 Å². The first-order valence-electron chi connectivity index (χ1n) is 8.34. The van der Waals surface area contributed by atoms with Crippen LogP contribution >= 0.6 is 0 Å². The Kier molecular flexibility index (Phi) is 2.33. The first-order valence-corrected chi connectivity index (χ1v) is 8.34. The average Bonchev–Trinajstić information content (AvgIpc) is 3.04. The summed E-state index contributed by atoms with van der Waals surface area (Å²) in [6.45, 7) is 8.03. The lowest BCUT2D eigenvalue weighted by atomic mass is 9.77. The molecule has 0 N–H and O–H groups in total. The van der Waals surface area contributed by atoms with E-state index in [1.54, 1.807) is 0 Å². The maximum atomic E-state index is 2.43. The van der Waals surface area contributed by atoms with Gasteiger partial charge in [-0.25, -0.2) is 0 Å². The summed E-state index contributed by atoms with van der Waals surface area (Å²) >= 11 is 0. The summed E-state index contributed by atoms with van der Waals surface area (Å²) < 4.78 is 2.43. The summed E-state index contributed by atoms with van der Waals surface area (Å²) in [6.07, 6.45) is 2.25. The molecular formula is C22H20N+. The van der Waals surface area contributed by atoms with Crippen molar-refractivity contribution in [2.45, 2.75) is 32.7 Å². The minimum Gasteiger partial charge on any atom is -0.194 e. The topological polar surface area (TPSA) is 3.88 Å². The molecule has 0 spiro atoms. The number of aryl methyl sites for hydroxylation is 1. The van der Waals surface area contributed by atoms with E-state index in [-0.39, 0.29) is 5.41 Å². The maximum Gasteiger partial charge on any atom is 0.218 e. The second kappa shape index (κ2) is 4.11. The van der Waals surface area contributed by atoms with Crippen molar-refractivity contribution in [3.63, 3.8) is 0 Å². The largest absolute Gasteiger partial charge is 0.218 e. The molecule has 0 saturated carbocycles. The van der Waals surface area contributed by atoms with Gasteiger partial charge in [-0.15, -0.1) is 0 Å². The molecule has 0 unspecified atom stereocenters. The second-order valence-electron chi connectivity index (χ2n) is 7.36. The lowest BCUT2D eigenvalue weighted by Gasteiger charge is -2.25. The summed E-state index contributed by atoms with van der Waals surface area (Å²) in [5.74, 6) is 0. The Balaban J connectivity index is 1.92. The SMILES string of the molecule is Cc1cc[n+]2c3c1C(C)(C)c1c(-c4ccccc4)ccc(c1-3)C2. The molecule has 23 heavy (non-hydrogen) atoms. The van der Waals surface area contributed by atoms with Gasteiger partial charge in [0.2, 0.25) is 5.69 Å². The van der Waals surface area contributed by atoms with Gasteiger partial charge in [0.05, 0.1) is 5.56 Å². The van der Waals surface area contributed by atoms with Gasteiger partial charge < -0.3 is 0 Å². The van der Waals surface area contributed by atoms with Gasteiger partial charge in [0, 0.05) is 22.6 Å². The maximum absolute atomic E-state index is 2.43. The van der Waals surface area contributed by atoms with Crippen molar-refractivity contribution < 1.29 is 4.57 Å². The van der Waals surface area contributed by atoms with E-state index in [9.17, 15) is 0 Å². The van der Waals surface area contributed by atoms with Crippen LogP contribution in [-0.2, 0) is 12.0 Å². The van der Waals surface area contributed by atoms with Crippen LogP contribution in [0.2, 0.25) is 0 Å². The quantitative estimate of drug-likeness (QED) is 0.452. The van der Waals surface area contributed by atoms with E-state index in [1.807, 2.05) is 0 Å². The van der Waals surface area contributed by atoms with E-state index in [0.717, 1.165) is 6.54 Å². The summed E-state index contributed by atoms with van der Waals surface area (Å²) in [6, 6.07) is 17.8. The lowest BCUT2D eigenvalue weighted by Crippen LogP contribution is -2.34. The molecule has 0 amide bonds. The number of rotatable bonds is 1. The Bertz CT molecular complexity index is 965. The molecule has 2 heterocycles. The van der Waals surface area contributed by atoms with Crippen molar-refractivity contribution in [3.8, 4) is 22.4 Å². The summed E-state index contributed by atoms with van der Waals surface area (Å²) in [5.41, 5.74) is 11.6. The molecule has 3 aromatic rings. The van der Waals surface area contributed by atoms with E-state index in [4.69, 9.17) is 0 Å². The van der Waals surface area contributed by atoms with Crippen LogP contribution in [0.25, 0.3) is 22.4 Å². The molecule has 5 rings (SSSR count).